The molecule has 96 valence electrons. The molecular weight excluding hydrogens is 202 g/mol. The highest BCUT2D eigenvalue weighted by Crippen LogP contribution is 2.26. The molecule has 1 heterocycles. The van der Waals surface area contributed by atoms with Gasteiger partial charge in [0.25, 0.3) is 0 Å². The maximum absolute atomic E-state index is 5.81. The first kappa shape index (κ1) is 13.9. The molecule has 16 heavy (non-hydrogen) atoms. The Morgan fingerprint density at radius 3 is 2.62 bits per heavy atom. The Labute approximate surface area is 99.9 Å². The Morgan fingerprint density at radius 1 is 1.50 bits per heavy atom. The second kappa shape index (κ2) is 5.99. The van der Waals surface area contributed by atoms with E-state index in [2.05, 4.69) is 26.1 Å². The molecular formula is C13H27NO2. The first-order valence-electron chi connectivity index (χ1n) is 6.34. The van der Waals surface area contributed by atoms with Gasteiger partial charge in [-0.15, -0.1) is 0 Å². The smallest absolute Gasteiger partial charge is 0.0754 e. The summed E-state index contributed by atoms with van der Waals surface area (Å²) >= 11 is 0. The highest BCUT2D eigenvalue weighted by Gasteiger charge is 2.32. The summed E-state index contributed by atoms with van der Waals surface area (Å²) in [6.07, 6.45) is 3.72. The molecule has 0 aromatic rings. The number of nitrogens with one attached hydrogen (secondary N) is 1. The average molecular weight is 229 g/mol. The van der Waals surface area contributed by atoms with Crippen molar-refractivity contribution in [2.45, 2.75) is 57.8 Å². The van der Waals surface area contributed by atoms with Gasteiger partial charge in [0.1, 0.15) is 0 Å². The van der Waals surface area contributed by atoms with Crippen molar-refractivity contribution < 1.29 is 9.47 Å². The van der Waals surface area contributed by atoms with Crippen LogP contribution in [0.5, 0.6) is 0 Å². The van der Waals surface area contributed by atoms with Gasteiger partial charge in [0.05, 0.1) is 11.7 Å². The van der Waals surface area contributed by atoms with Gasteiger partial charge in [0.15, 0.2) is 0 Å². The van der Waals surface area contributed by atoms with E-state index >= 15 is 0 Å². The van der Waals surface area contributed by atoms with Gasteiger partial charge in [-0.2, -0.15) is 0 Å². The lowest BCUT2D eigenvalue weighted by atomic mass is 9.91. The van der Waals surface area contributed by atoms with Gasteiger partial charge in [-0.1, -0.05) is 6.92 Å². The van der Waals surface area contributed by atoms with E-state index < -0.39 is 0 Å². The molecule has 0 aromatic heterocycles. The van der Waals surface area contributed by atoms with Crippen LogP contribution in [0, 0.1) is 5.92 Å². The fourth-order valence-electron chi connectivity index (χ4n) is 2.31. The van der Waals surface area contributed by atoms with E-state index in [1.165, 1.54) is 6.42 Å². The fourth-order valence-corrected chi connectivity index (χ4v) is 2.31. The van der Waals surface area contributed by atoms with Crippen LogP contribution < -0.4 is 5.32 Å². The standard InChI is InChI=1S/C13H27NO2/c1-10-7-9-16-12(10)11(14-4)6-8-13(2,3)15-5/h10-12,14H,6-9H2,1-5H3. The minimum absolute atomic E-state index is 0.0308. The topological polar surface area (TPSA) is 30.5 Å². The number of likely N-dealkylation sites (N-methyl/N-ethyl adjacent to an activating group) is 1. The molecule has 1 saturated heterocycles. The summed E-state index contributed by atoms with van der Waals surface area (Å²) in [4.78, 5) is 0. The summed E-state index contributed by atoms with van der Waals surface area (Å²) in [7, 11) is 3.81. The van der Waals surface area contributed by atoms with E-state index in [4.69, 9.17) is 9.47 Å². The van der Waals surface area contributed by atoms with Crippen LogP contribution >= 0.6 is 0 Å². The van der Waals surface area contributed by atoms with E-state index in [9.17, 15) is 0 Å². The third-order valence-corrected chi connectivity index (χ3v) is 3.82. The molecule has 3 unspecified atom stereocenters. The normalized spacial score (nSPS) is 28.3. The summed E-state index contributed by atoms with van der Waals surface area (Å²) < 4.78 is 11.3. The number of hydrogen-bond acceptors (Lipinski definition) is 3. The first-order chi connectivity index (χ1) is 7.50. The monoisotopic (exact) mass is 229 g/mol. The largest absolute Gasteiger partial charge is 0.379 e. The van der Waals surface area contributed by atoms with E-state index in [0.717, 1.165) is 19.4 Å². The van der Waals surface area contributed by atoms with Crippen molar-refractivity contribution in [3.8, 4) is 0 Å². The third kappa shape index (κ3) is 3.72. The summed E-state index contributed by atoms with van der Waals surface area (Å²) in [5.41, 5.74) is -0.0308. The second-order valence-corrected chi connectivity index (χ2v) is 5.50. The quantitative estimate of drug-likeness (QED) is 0.757. The molecule has 0 aromatic carbocycles. The summed E-state index contributed by atoms with van der Waals surface area (Å²) in [5, 5.41) is 3.39. The van der Waals surface area contributed by atoms with Gasteiger partial charge in [-0.25, -0.2) is 0 Å². The third-order valence-electron chi connectivity index (χ3n) is 3.82. The minimum atomic E-state index is -0.0308. The fraction of sp³-hybridized carbons (Fsp3) is 1.00. The summed E-state index contributed by atoms with van der Waals surface area (Å²) in [6.45, 7) is 7.47. The van der Waals surface area contributed by atoms with Crippen molar-refractivity contribution in [1.82, 2.24) is 5.32 Å². The van der Waals surface area contributed by atoms with E-state index in [0.29, 0.717) is 18.1 Å². The molecule has 1 aliphatic heterocycles. The first-order valence-corrected chi connectivity index (χ1v) is 6.34. The predicted molar refractivity (Wildman–Crippen MR) is 66.7 cm³/mol. The Morgan fingerprint density at radius 2 is 2.19 bits per heavy atom. The maximum atomic E-state index is 5.81. The highest BCUT2D eigenvalue weighted by molar-refractivity contribution is 4.85. The van der Waals surface area contributed by atoms with Crippen molar-refractivity contribution in [3.63, 3.8) is 0 Å². The summed E-state index contributed by atoms with van der Waals surface area (Å²) in [5.74, 6) is 0.670. The van der Waals surface area contributed by atoms with Crippen molar-refractivity contribution in [1.29, 1.82) is 0 Å². The second-order valence-electron chi connectivity index (χ2n) is 5.50. The SMILES string of the molecule is CNC(CCC(C)(C)OC)C1OCCC1C. The number of rotatable bonds is 6. The van der Waals surface area contributed by atoms with Crippen LogP contribution in [-0.4, -0.2) is 38.5 Å². The molecule has 1 fully saturated rings. The van der Waals surface area contributed by atoms with E-state index in [-0.39, 0.29) is 5.60 Å². The van der Waals surface area contributed by atoms with Crippen LogP contribution in [0.15, 0.2) is 0 Å². The van der Waals surface area contributed by atoms with Crippen LogP contribution in [0.3, 0.4) is 0 Å². The average Bonchev–Trinajstić information content (AvgIpc) is 2.66. The van der Waals surface area contributed by atoms with Crippen molar-refractivity contribution in [2.24, 2.45) is 5.92 Å². The van der Waals surface area contributed by atoms with E-state index in [1.54, 1.807) is 7.11 Å². The molecule has 0 aliphatic carbocycles. The molecule has 3 atom stereocenters. The molecule has 1 N–H and O–H groups in total. The Balaban J connectivity index is 2.43. The van der Waals surface area contributed by atoms with Crippen LogP contribution in [0.4, 0.5) is 0 Å². The lowest BCUT2D eigenvalue weighted by Crippen LogP contribution is -2.41. The Bertz CT molecular complexity index is 206. The lowest BCUT2D eigenvalue weighted by Gasteiger charge is -2.30. The molecule has 1 aliphatic rings. The molecule has 0 radical (unpaired) electrons. The number of hydrogen-bond donors (Lipinski definition) is 1. The van der Waals surface area contributed by atoms with Crippen LogP contribution in [0.1, 0.15) is 40.0 Å². The molecule has 0 amide bonds. The summed E-state index contributed by atoms with van der Waals surface area (Å²) in [6, 6.07) is 0.451. The van der Waals surface area contributed by atoms with Crippen molar-refractivity contribution in [3.05, 3.63) is 0 Å². The van der Waals surface area contributed by atoms with Gasteiger partial charge in [0, 0.05) is 19.8 Å². The van der Waals surface area contributed by atoms with Crippen molar-refractivity contribution >= 4 is 0 Å². The lowest BCUT2D eigenvalue weighted by molar-refractivity contribution is 0.00187. The molecule has 1 rings (SSSR count). The molecule has 3 heteroatoms. The molecule has 3 nitrogen and oxygen atoms in total. The van der Waals surface area contributed by atoms with Gasteiger partial charge in [0.2, 0.25) is 0 Å². The van der Waals surface area contributed by atoms with E-state index in [1.807, 2.05) is 7.05 Å². The number of ether oxygens (including phenoxy) is 2. The van der Waals surface area contributed by atoms with Crippen LogP contribution in [-0.2, 0) is 9.47 Å². The predicted octanol–water partition coefficient (Wildman–Crippen LogP) is 2.20. The Kier molecular flexibility index (Phi) is 5.22. The van der Waals surface area contributed by atoms with Crippen LogP contribution in [0.2, 0.25) is 0 Å². The van der Waals surface area contributed by atoms with Gasteiger partial charge >= 0.3 is 0 Å². The minimum Gasteiger partial charge on any atom is -0.379 e. The zero-order valence-electron chi connectivity index (χ0n) is 11.4. The van der Waals surface area contributed by atoms with Gasteiger partial charge in [-0.3, -0.25) is 0 Å². The highest BCUT2D eigenvalue weighted by atomic mass is 16.5. The molecule has 0 spiro atoms. The molecule has 0 saturated carbocycles. The Hall–Kier alpha value is -0.120. The number of methoxy groups -OCH3 is 1. The van der Waals surface area contributed by atoms with Gasteiger partial charge in [-0.05, 0) is 46.1 Å². The zero-order chi connectivity index (χ0) is 12.2. The zero-order valence-corrected chi connectivity index (χ0v) is 11.4. The molecule has 0 bridgehead atoms. The van der Waals surface area contributed by atoms with Gasteiger partial charge < -0.3 is 14.8 Å². The van der Waals surface area contributed by atoms with Crippen LogP contribution in [0.25, 0.3) is 0 Å². The van der Waals surface area contributed by atoms with Crippen molar-refractivity contribution in [2.75, 3.05) is 20.8 Å². The maximum Gasteiger partial charge on any atom is 0.0754 e.